The number of hydrogen-bond acceptors (Lipinski definition) is 5. The van der Waals surface area contributed by atoms with Crippen molar-refractivity contribution in [3.05, 3.63) is 11.1 Å². The molecular weight excluding hydrogens is 265 g/mol. The molecule has 2 rings (SSSR count). The first-order valence-electron chi connectivity index (χ1n) is 5.79. The summed E-state index contributed by atoms with van der Waals surface area (Å²) < 4.78 is 40.3. The second-order valence-electron chi connectivity index (χ2n) is 4.53. The van der Waals surface area contributed by atoms with Gasteiger partial charge in [0.25, 0.3) is 0 Å². The molecule has 18 heavy (non-hydrogen) atoms. The number of nitrogens with one attached hydrogen (secondary N) is 1. The molecule has 1 saturated heterocycles. The molecule has 102 valence electrons. The monoisotopic (exact) mass is 280 g/mol. The van der Waals surface area contributed by atoms with E-state index in [-0.39, 0.29) is 0 Å². The number of likely N-dealkylation sites (tertiary alicyclic amines) is 1. The average molecular weight is 280 g/mol. The van der Waals surface area contributed by atoms with E-state index in [1.807, 2.05) is 5.38 Å². The molecule has 8 heteroatoms. The van der Waals surface area contributed by atoms with Crippen LogP contribution in [-0.4, -0.2) is 46.8 Å². The SMILES string of the molecule is FC(F)(F)CN1CCC(CNCc2csnn2)C1. The predicted molar refractivity (Wildman–Crippen MR) is 62.2 cm³/mol. The highest BCUT2D eigenvalue weighted by atomic mass is 32.1. The van der Waals surface area contributed by atoms with E-state index in [4.69, 9.17) is 0 Å². The lowest BCUT2D eigenvalue weighted by atomic mass is 10.1. The molecule has 0 bridgehead atoms. The van der Waals surface area contributed by atoms with Crippen LogP contribution in [0.25, 0.3) is 0 Å². The molecule has 1 aliphatic rings. The molecule has 0 radical (unpaired) electrons. The zero-order chi connectivity index (χ0) is 13.0. The van der Waals surface area contributed by atoms with Crippen molar-refractivity contribution in [3.63, 3.8) is 0 Å². The molecule has 1 unspecified atom stereocenters. The van der Waals surface area contributed by atoms with Crippen LogP contribution in [-0.2, 0) is 6.54 Å². The number of nitrogens with zero attached hydrogens (tertiary/aromatic N) is 3. The van der Waals surface area contributed by atoms with Crippen LogP contribution < -0.4 is 5.32 Å². The molecule has 0 saturated carbocycles. The van der Waals surface area contributed by atoms with Gasteiger partial charge < -0.3 is 5.32 Å². The van der Waals surface area contributed by atoms with Crippen LogP contribution in [0.5, 0.6) is 0 Å². The van der Waals surface area contributed by atoms with Crippen LogP contribution in [0.2, 0.25) is 0 Å². The van der Waals surface area contributed by atoms with Crippen molar-refractivity contribution >= 4 is 11.5 Å². The van der Waals surface area contributed by atoms with Gasteiger partial charge in [-0.05, 0) is 37.0 Å². The second-order valence-corrected chi connectivity index (χ2v) is 5.14. The molecule has 1 aliphatic heterocycles. The third-order valence-electron chi connectivity index (χ3n) is 2.92. The third-order valence-corrected chi connectivity index (χ3v) is 3.47. The molecule has 1 aromatic rings. The van der Waals surface area contributed by atoms with Gasteiger partial charge in [0.2, 0.25) is 0 Å². The van der Waals surface area contributed by atoms with Gasteiger partial charge >= 0.3 is 6.18 Å². The van der Waals surface area contributed by atoms with Crippen molar-refractivity contribution in [1.29, 1.82) is 0 Å². The van der Waals surface area contributed by atoms with E-state index in [9.17, 15) is 13.2 Å². The Morgan fingerprint density at radius 2 is 2.33 bits per heavy atom. The van der Waals surface area contributed by atoms with E-state index in [0.29, 0.717) is 25.6 Å². The standard InChI is InChI=1S/C10H15F3N4S/c11-10(12,13)7-17-2-1-8(5-17)3-14-4-9-6-18-16-15-9/h6,8,14H,1-5,7H2. The maximum atomic E-state index is 12.2. The average Bonchev–Trinajstić information content (AvgIpc) is 2.88. The summed E-state index contributed by atoms with van der Waals surface area (Å²) in [4.78, 5) is 1.47. The maximum absolute atomic E-state index is 12.2. The Kier molecular flexibility index (Phi) is 4.52. The fourth-order valence-corrected chi connectivity index (χ4v) is 2.59. The van der Waals surface area contributed by atoms with Crippen molar-refractivity contribution < 1.29 is 13.2 Å². The van der Waals surface area contributed by atoms with Crippen LogP contribution in [0.4, 0.5) is 13.2 Å². The van der Waals surface area contributed by atoms with Gasteiger partial charge in [0.15, 0.2) is 0 Å². The Labute approximate surface area is 107 Å². The van der Waals surface area contributed by atoms with Gasteiger partial charge in [-0.3, -0.25) is 4.90 Å². The molecule has 0 spiro atoms. The first-order valence-corrected chi connectivity index (χ1v) is 6.62. The lowest BCUT2D eigenvalue weighted by Gasteiger charge is -2.17. The molecular formula is C10H15F3N4S. The molecule has 1 atom stereocenters. The van der Waals surface area contributed by atoms with Crippen LogP contribution in [0.1, 0.15) is 12.1 Å². The third kappa shape index (κ3) is 4.51. The largest absolute Gasteiger partial charge is 0.401 e. The minimum atomic E-state index is -4.09. The zero-order valence-electron chi connectivity index (χ0n) is 9.78. The van der Waals surface area contributed by atoms with E-state index in [1.165, 1.54) is 16.4 Å². The summed E-state index contributed by atoms with van der Waals surface area (Å²) >= 11 is 1.29. The molecule has 2 heterocycles. The number of rotatable bonds is 5. The van der Waals surface area contributed by atoms with Crippen molar-refractivity contribution in [1.82, 2.24) is 19.8 Å². The quantitative estimate of drug-likeness (QED) is 0.887. The smallest absolute Gasteiger partial charge is 0.311 e. The Hall–Kier alpha value is -0.730. The molecule has 0 amide bonds. The lowest BCUT2D eigenvalue weighted by Crippen LogP contribution is -2.33. The first-order chi connectivity index (χ1) is 8.53. The Morgan fingerprint density at radius 1 is 1.50 bits per heavy atom. The summed E-state index contributed by atoms with van der Waals surface area (Å²) in [6.45, 7) is 1.61. The fourth-order valence-electron chi connectivity index (χ4n) is 2.14. The highest BCUT2D eigenvalue weighted by Gasteiger charge is 2.34. The minimum absolute atomic E-state index is 0.291. The van der Waals surface area contributed by atoms with Crippen LogP contribution in [0.15, 0.2) is 5.38 Å². The van der Waals surface area contributed by atoms with E-state index >= 15 is 0 Å². The normalized spacial score (nSPS) is 21.6. The van der Waals surface area contributed by atoms with Gasteiger partial charge in [0.05, 0.1) is 12.2 Å². The zero-order valence-corrected chi connectivity index (χ0v) is 10.6. The number of aromatic nitrogens is 2. The molecule has 0 aliphatic carbocycles. The summed E-state index contributed by atoms with van der Waals surface area (Å²) in [6.07, 6.45) is -3.27. The summed E-state index contributed by atoms with van der Waals surface area (Å²) in [5.74, 6) is 0.291. The summed E-state index contributed by atoms with van der Waals surface area (Å²) in [5.41, 5.74) is 0.880. The molecule has 1 fully saturated rings. The first kappa shape index (κ1) is 13.7. The number of alkyl halides is 3. The van der Waals surface area contributed by atoms with E-state index in [2.05, 4.69) is 14.9 Å². The van der Waals surface area contributed by atoms with Gasteiger partial charge in [0, 0.05) is 18.5 Å². The van der Waals surface area contributed by atoms with Crippen molar-refractivity contribution in [2.24, 2.45) is 5.92 Å². The summed E-state index contributed by atoms with van der Waals surface area (Å²) in [7, 11) is 0. The van der Waals surface area contributed by atoms with Gasteiger partial charge in [-0.15, -0.1) is 5.10 Å². The Morgan fingerprint density at radius 3 is 3.00 bits per heavy atom. The Bertz CT molecular complexity index is 355. The molecule has 1 N–H and O–H groups in total. The highest BCUT2D eigenvalue weighted by Crippen LogP contribution is 2.22. The molecule has 0 aromatic carbocycles. The van der Waals surface area contributed by atoms with Crippen LogP contribution in [0, 0.1) is 5.92 Å². The topological polar surface area (TPSA) is 41.0 Å². The summed E-state index contributed by atoms with van der Waals surface area (Å²) in [6, 6.07) is 0. The van der Waals surface area contributed by atoms with E-state index in [0.717, 1.165) is 18.7 Å². The second kappa shape index (κ2) is 5.94. The van der Waals surface area contributed by atoms with Gasteiger partial charge in [-0.1, -0.05) is 4.49 Å². The maximum Gasteiger partial charge on any atom is 0.401 e. The Balaban J connectivity index is 1.64. The fraction of sp³-hybridized carbons (Fsp3) is 0.800. The highest BCUT2D eigenvalue weighted by molar-refractivity contribution is 7.03. The molecule has 1 aromatic heterocycles. The van der Waals surface area contributed by atoms with Gasteiger partial charge in [0.1, 0.15) is 0 Å². The lowest BCUT2D eigenvalue weighted by molar-refractivity contribution is -0.143. The van der Waals surface area contributed by atoms with Crippen molar-refractivity contribution in [2.45, 2.75) is 19.1 Å². The summed E-state index contributed by atoms with van der Waals surface area (Å²) in [5, 5.41) is 8.96. The van der Waals surface area contributed by atoms with E-state index < -0.39 is 12.7 Å². The minimum Gasteiger partial charge on any atom is -0.311 e. The van der Waals surface area contributed by atoms with Crippen LogP contribution in [0.3, 0.4) is 0 Å². The molecule has 4 nitrogen and oxygen atoms in total. The van der Waals surface area contributed by atoms with Crippen LogP contribution >= 0.6 is 11.5 Å². The van der Waals surface area contributed by atoms with Gasteiger partial charge in [-0.25, -0.2) is 0 Å². The number of hydrogen-bond donors (Lipinski definition) is 1. The van der Waals surface area contributed by atoms with E-state index in [1.54, 1.807) is 0 Å². The predicted octanol–water partition coefficient (Wildman–Crippen LogP) is 1.51. The van der Waals surface area contributed by atoms with Gasteiger partial charge in [-0.2, -0.15) is 13.2 Å². The van der Waals surface area contributed by atoms with Crippen molar-refractivity contribution in [2.75, 3.05) is 26.2 Å². The number of halogens is 3. The van der Waals surface area contributed by atoms with Crippen molar-refractivity contribution in [3.8, 4) is 0 Å².